The second-order valence-electron chi connectivity index (χ2n) is 4.95. The van der Waals surface area contributed by atoms with Crippen LogP contribution < -0.4 is 10.6 Å². The van der Waals surface area contributed by atoms with E-state index in [2.05, 4.69) is 9.36 Å². The van der Waals surface area contributed by atoms with Gasteiger partial charge in [-0.3, -0.25) is 0 Å². The molecule has 3 rings (SSSR count). The molecule has 6 heteroatoms. The van der Waals surface area contributed by atoms with Gasteiger partial charge in [0.1, 0.15) is 11.6 Å². The van der Waals surface area contributed by atoms with E-state index in [0.717, 1.165) is 17.4 Å². The number of hydrogen-bond donors (Lipinski definition) is 1. The second-order valence-corrected chi connectivity index (χ2v) is 5.68. The molecule has 1 fully saturated rings. The molecule has 1 aliphatic rings. The summed E-state index contributed by atoms with van der Waals surface area (Å²) in [7, 11) is 0. The van der Waals surface area contributed by atoms with Crippen molar-refractivity contribution in [3.63, 3.8) is 0 Å². The second kappa shape index (κ2) is 5.85. The maximum absolute atomic E-state index is 14.0. The Kier molecular flexibility index (Phi) is 3.93. The zero-order chi connectivity index (χ0) is 13.9. The highest BCUT2D eigenvalue weighted by molar-refractivity contribution is 7.09. The monoisotopic (exact) mass is 292 g/mol. The van der Waals surface area contributed by atoms with Crippen LogP contribution in [0.5, 0.6) is 0 Å². The van der Waals surface area contributed by atoms with Gasteiger partial charge in [-0.2, -0.15) is 4.37 Å². The third-order valence-electron chi connectivity index (χ3n) is 3.33. The molecule has 1 heterocycles. The van der Waals surface area contributed by atoms with Crippen LogP contribution in [0, 0.1) is 5.82 Å². The fraction of sp³-hybridized carbons (Fsp3) is 0.429. The van der Waals surface area contributed by atoms with E-state index < -0.39 is 0 Å². The van der Waals surface area contributed by atoms with Crippen molar-refractivity contribution in [2.75, 3.05) is 18.0 Å². The van der Waals surface area contributed by atoms with Gasteiger partial charge < -0.3 is 10.6 Å². The van der Waals surface area contributed by atoms with E-state index >= 15 is 0 Å². The summed E-state index contributed by atoms with van der Waals surface area (Å²) in [4.78, 5) is 6.45. The van der Waals surface area contributed by atoms with Crippen LogP contribution in [0.4, 0.5) is 15.2 Å². The first kappa shape index (κ1) is 13.5. The molecule has 0 saturated heterocycles. The molecule has 106 valence electrons. The van der Waals surface area contributed by atoms with Crippen molar-refractivity contribution in [3.05, 3.63) is 35.9 Å². The molecule has 1 aliphatic carbocycles. The van der Waals surface area contributed by atoms with Gasteiger partial charge in [0.25, 0.3) is 0 Å². The topological polar surface area (TPSA) is 55.0 Å². The lowest BCUT2D eigenvalue weighted by Crippen LogP contribution is -2.21. The van der Waals surface area contributed by atoms with Crippen LogP contribution in [-0.4, -0.2) is 22.4 Å². The average Bonchev–Trinajstić information content (AvgIpc) is 3.20. The molecular formula is C14H17FN4S. The lowest BCUT2D eigenvalue weighted by molar-refractivity contribution is 0.623. The van der Waals surface area contributed by atoms with E-state index in [1.165, 1.54) is 30.4 Å². The molecule has 0 amide bonds. The van der Waals surface area contributed by atoms with E-state index in [1.54, 1.807) is 12.1 Å². The smallest absolute Gasteiger partial charge is 0.209 e. The molecule has 0 bridgehead atoms. The van der Waals surface area contributed by atoms with Crippen molar-refractivity contribution in [3.8, 4) is 0 Å². The van der Waals surface area contributed by atoms with Gasteiger partial charge in [0.15, 0.2) is 0 Å². The first-order chi connectivity index (χ1) is 9.79. The van der Waals surface area contributed by atoms with Gasteiger partial charge in [-0.15, -0.1) is 0 Å². The van der Waals surface area contributed by atoms with Gasteiger partial charge in [0.05, 0.1) is 5.69 Å². The third kappa shape index (κ3) is 2.81. The predicted octanol–water partition coefficient (Wildman–Crippen LogP) is 3.04. The standard InChI is InChI=1S/C14H17FN4S/c15-11-4-1-2-5-12(11)19(9-3-8-16)14-17-13(18-20-14)10-6-7-10/h1-2,4-5,10H,3,6-9,16H2. The molecule has 4 nitrogen and oxygen atoms in total. The van der Waals surface area contributed by atoms with E-state index in [9.17, 15) is 4.39 Å². The Morgan fingerprint density at radius 1 is 1.35 bits per heavy atom. The van der Waals surface area contributed by atoms with E-state index in [0.29, 0.717) is 24.7 Å². The summed E-state index contributed by atoms with van der Waals surface area (Å²) in [6, 6.07) is 6.75. The summed E-state index contributed by atoms with van der Waals surface area (Å²) < 4.78 is 18.4. The van der Waals surface area contributed by atoms with Crippen LogP contribution in [0.15, 0.2) is 24.3 Å². The summed E-state index contributed by atoms with van der Waals surface area (Å²) in [5.41, 5.74) is 6.12. The van der Waals surface area contributed by atoms with Crippen LogP contribution in [-0.2, 0) is 0 Å². The molecule has 2 aromatic rings. The molecule has 0 radical (unpaired) electrons. The molecule has 0 spiro atoms. The first-order valence-electron chi connectivity index (χ1n) is 6.85. The van der Waals surface area contributed by atoms with Crippen LogP contribution >= 0.6 is 11.5 Å². The molecule has 1 aromatic carbocycles. The maximum atomic E-state index is 14.0. The molecule has 1 aromatic heterocycles. The molecule has 0 atom stereocenters. The number of rotatable bonds is 6. The average molecular weight is 292 g/mol. The lowest BCUT2D eigenvalue weighted by atomic mass is 10.2. The Hall–Kier alpha value is -1.53. The Bertz CT molecular complexity index is 582. The van der Waals surface area contributed by atoms with Gasteiger partial charge in [-0.05, 0) is 37.9 Å². The fourth-order valence-electron chi connectivity index (χ4n) is 2.08. The number of anilines is 2. The van der Waals surface area contributed by atoms with E-state index in [4.69, 9.17) is 5.73 Å². The largest absolute Gasteiger partial charge is 0.330 e. The Morgan fingerprint density at radius 3 is 2.85 bits per heavy atom. The Balaban J connectivity index is 1.90. The summed E-state index contributed by atoms with van der Waals surface area (Å²) in [5.74, 6) is 1.17. The Morgan fingerprint density at radius 2 is 2.15 bits per heavy atom. The first-order valence-corrected chi connectivity index (χ1v) is 7.62. The zero-order valence-electron chi connectivity index (χ0n) is 11.1. The van der Waals surface area contributed by atoms with E-state index in [1.807, 2.05) is 11.0 Å². The van der Waals surface area contributed by atoms with Gasteiger partial charge in [-0.25, -0.2) is 9.37 Å². The van der Waals surface area contributed by atoms with Crippen molar-refractivity contribution >= 4 is 22.4 Å². The van der Waals surface area contributed by atoms with Crippen molar-refractivity contribution in [2.24, 2.45) is 5.73 Å². The van der Waals surface area contributed by atoms with Crippen molar-refractivity contribution in [1.82, 2.24) is 9.36 Å². The number of aromatic nitrogens is 2. The summed E-state index contributed by atoms with van der Waals surface area (Å²) >= 11 is 1.34. The van der Waals surface area contributed by atoms with Gasteiger partial charge in [-0.1, -0.05) is 12.1 Å². The molecule has 1 saturated carbocycles. The van der Waals surface area contributed by atoms with Crippen molar-refractivity contribution in [2.45, 2.75) is 25.2 Å². The summed E-state index contributed by atoms with van der Waals surface area (Å²) in [6.45, 7) is 1.22. The minimum atomic E-state index is -0.243. The number of benzene rings is 1. The fourth-order valence-corrected chi connectivity index (χ4v) is 2.87. The molecule has 20 heavy (non-hydrogen) atoms. The van der Waals surface area contributed by atoms with Gasteiger partial charge in [0, 0.05) is 24.0 Å². The van der Waals surface area contributed by atoms with Crippen LogP contribution in [0.1, 0.15) is 31.0 Å². The number of hydrogen-bond acceptors (Lipinski definition) is 5. The molecular weight excluding hydrogens is 275 g/mol. The quantitative estimate of drug-likeness (QED) is 0.889. The van der Waals surface area contributed by atoms with Gasteiger partial charge in [0.2, 0.25) is 5.13 Å². The number of halogens is 1. The number of nitrogens with two attached hydrogens (primary N) is 1. The summed E-state index contributed by atoms with van der Waals surface area (Å²) in [6.07, 6.45) is 3.12. The summed E-state index contributed by atoms with van der Waals surface area (Å²) in [5, 5.41) is 0.755. The minimum absolute atomic E-state index is 0.243. The SMILES string of the molecule is NCCCN(c1nc(C2CC2)ns1)c1ccccc1F. The highest BCUT2D eigenvalue weighted by atomic mass is 32.1. The lowest BCUT2D eigenvalue weighted by Gasteiger charge is -2.21. The number of para-hydroxylation sites is 1. The van der Waals surface area contributed by atoms with Crippen LogP contribution in [0.3, 0.4) is 0 Å². The minimum Gasteiger partial charge on any atom is -0.330 e. The van der Waals surface area contributed by atoms with Crippen molar-refractivity contribution in [1.29, 1.82) is 0 Å². The Labute approximate surface area is 121 Å². The third-order valence-corrected chi connectivity index (χ3v) is 4.09. The molecule has 0 aliphatic heterocycles. The maximum Gasteiger partial charge on any atom is 0.209 e. The number of nitrogens with zero attached hydrogens (tertiary/aromatic N) is 3. The van der Waals surface area contributed by atoms with Crippen LogP contribution in [0.2, 0.25) is 0 Å². The molecule has 2 N–H and O–H groups in total. The highest BCUT2D eigenvalue weighted by Crippen LogP contribution is 2.40. The predicted molar refractivity (Wildman–Crippen MR) is 79.0 cm³/mol. The highest BCUT2D eigenvalue weighted by Gasteiger charge is 2.29. The van der Waals surface area contributed by atoms with Crippen molar-refractivity contribution < 1.29 is 4.39 Å². The van der Waals surface area contributed by atoms with E-state index in [-0.39, 0.29) is 5.82 Å². The van der Waals surface area contributed by atoms with Crippen LogP contribution in [0.25, 0.3) is 0 Å². The normalized spacial score (nSPS) is 14.5. The van der Waals surface area contributed by atoms with Gasteiger partial charge >= 0.3 is 0 Å². The molecule has 0 unspecified atom stereocenters. The zero-order valence-corrected chi connectivity index (χ0v) is 11.9.